The minimum Gasteiger partial charge on any atom is -0.342 e. The molecule has 0 radical (unpaired) electrons. The summed E-state index contributed by atoms with van der Waals surface area (Å²) in [6.07, 6.45) is 1.96. The zero-order valence-electron chi connectivity index (χ0n) is 16.6. The van der Waals surface area contributed by atoms with Crippen LogP contribution in [0.4, 0.5) is 17.5 Å². The average molecular weight is 395 g/mol. The van der Waals surface area contributed by atoms with Gasteiger partial charge in [0.05, 0.1) is 11.5 Å². The van der Waals surface area contributed by atoms with E-state index in [2.05, 4.69) is 27.5 Å². The fraction of sp³-hybridized carbons (Fsp3) is 0.429. The van der Waals surface area contributed by atoms with Crippen molar-refractivity contribution in [3.8, 4) is 0 Å². The molecular weight excluding hydrogens is 370 g/mol. The SMILES string of the molecule is Cc1cccc(NC(=O)[C@H]2CC(=O)Nc3nc(N4CCC(C)CC4)[nH]c(=O)c32)c1. The van der Waals surface area contributed by atoms with Crippen LogP contribution in [0.1, 0.15) is 43.2 Å². The smallest absolute Gasteiger partial charge is 0.258 e. The molecule has 0 aliphatic carbocycles. The highest BCUT2D eigenvalue weighted by atomic mass is 16.2. The molecule has 4 rings (SSSR count). The molecule has 2 amide bonds. The first-order valence-electron chi connectivity index (χ1n) is 9.97. The van der Waals surface area contributed by atoms with Gasteiger partial charge in [-0.2, -0.15) is 4.98 Å². The number of carbonyl (C=O) groups excluding carboxylic acids is 2. The van der Waals surface area contributed by atoms with E-state index in [1.807, 2.05) is 30.0 Å². The van der Waals surface area contributed by atoms with Crippen LogP contribution in [0.15, 0.2) is 29.1 Å². The minimum atomic E-state index is -0.883. The van der Waals surface area contributed by atoms with E-state index >= 15 is 0 Å². The highest BCUT2D eigenvalue weighted by Gasteiger charge is 2.35. The Bertz CT molecular complexity index is 1010. The quantitative estimate of drug-likeness (QED) is 0.740. The van der Waals surface area contributed by atoms with Crippen LogP contribution < -0.4 is 21.1 Å². The second-order valence-electron chi connectivity index (χ2n) is 7.99. The van der Waals surface area contributed by atoms with Crippen LogP contribution in [-0.2, 0) is 9.59 Å². The van der Waals surface area contributed by atoms with Crippen LogP contribution >= 0.6 is 0 Å². The Morgan fingerprint density at radius 1 is 1.24 bits per heavy atom. The summed E-state index contributed by atoms with van der Waals surface area (Å²) in [4.78, 5) is 47.3. The molecule has 0 saturated carbocycles. The molecule has 1 aromatic carbocycles. The number of aromatic nitrogens is 2. The number of carbonyl (C=O) groups is 2. The Morgan fingerprint density at radius 3 is 2.72 bits per heavy atom. The van der Waals surface area contributed by atoms with Gasteiger partial charge in [0, 0.05) is 25.2 Å². The van der Waals surface area contributed by atoms with Crippen molar-refractivity contribution >= 4 is 29.3 Å². The van der Waals surface area contributed by atoms with Crippen LogP contribution in [0, 0.1) is 12.8 Å². The van der Waals surface area contributed by atoms with E-state index in [0.29, 0.717) is 17.6 Å². The van der Waals surface area contributed by atoms with E-state index in [0.717, 1.165) is 31.5 Å². The predicted octanol–water partition coefficient (Wildman–Crippen LogP) is 2.38. The molecule has 0 unspecified atom stereocenters. The van der Waals surface area contributed by atoms with Crippen molar-refractivity contribution < 1.29 is 9.59 Å². The van der Waals surface area contributed by atoms with Gasteiger partial charge in [-0.25, -0.2) is 0 Å². The van der Waals surface area contributed by atoms with Gasteiger partial charge in [-0.1, -0.05) is 19.1 Å². The lowest BCUT2D eigenvalue weighted by molar-refractivity contribution is -0.123. The zero-order valence-corrected chi connectivity index (χ0v) is 16.6. The number of aromatic amines is 1. The van der Waals surface area contributed by atoms with Gasteiger partial charge in [0.2, 0.25) is 17.8 Å². The molecule has 0 bridgehead atoms. The van der Waals surface area contributed by atoms with Crippen molar-refractivity contribution in [1.82, 2.24) is 9.97 Å². The van der Waals surface area contributed by atoms with Crippen molar-refractivity contribution in [2.45, 2.75) is 39.0 Å². The molecule has 1 aromatic heterocycles. The molecular formula is C21H25N5O3. The van der Waals surface area contributed by atoms with E-state index < -0.39 is 11.8 Å². The van der Waals surface area contributed by atoms with Gasteiger partial charge in [0.15, 0.2) is 0 Å². The molecule has 2 aliphatic heterocycles. The topological polar surface area (TPSA) is 107 Å². The van der Waals surface area contributed by atoms with Gasteiger partial charge < -0.3 is 15.5 Å². The summed E-state index contributed by atoms with van der Waals surface area (Å²) >= 11 is 0. The van der Waals surface area contributed by atoms with Crippen molar-refractivity contribution in [3.63, 3.8) is 0 Å². The highest BCUT2D eigenvalue weighted by molar-refractivity contribution is 6.04. The third kappa shape index (κ3) is 4.01. The summed E-state index contributed by atoms with van der Waals surface area (Å²) in [6, 6.07) is 7.38. The largest absolute Gasteiger partial charge is 0.342 e. The fourth-order valence-corrected chi connectivity index (χ4v) is 3.91. The first kappa shape index (κ1) is 19.2. The monoisotopic (exact) mass is 395 g/mol. The molecule has 1 atom stereocenters. The van der Waals surface area contributed by atoms with E-state index in [4.69, 9.17) is 0 Å². The number of benzene rings is 1. The molecule has 29 heavy (non-hydrogen) atoms. The Hall–Kier alpha value is -3.16. The summed E-state index contributed by atoms with van der Waals surface area (Å²) in [5.41, 5.74) is 1.47. The van der Waals surface area contributed by atoms with Gasteiger partial charge in [-0.15, -0.1) is 0 Å². The number of amides is 2. The van der Waals surface area contributed by atoms with Crippen molar-refractivity contribution in [1.29, 1.82) is 0 Å². The van der Waals surface area contributed by atoms with Gasteiger partial charge >= 0.3 is 0 Å². The van der Waals surface area contributed by atoms with Gasteiger partial charge in [-0.05, 0) is 43.4 Å². The van der Waals surface area contributed by atoms with Crippen molar-refractivity contribution in [3.05, 3.63) is 45.7 Å². The fourth-order valence-electron chi connectivity index (χ4n) is 3.91. The van der Waals surface area contributed by atoms with Crippen molar-refractivity contribution in [2.24, 2.45) is 5.92 Å². The maximum absolute atomic E-state index is 12.9. The lowest BCUT2D eigenvalue weighted by Crippen LogP contribution is -2.39. The third-order valence-corrected chi connectivity index (χ3v) is 5.62. The number of nitrogens with one attached hydrogen (secondary N) is 3. The maximum Gasteiger partial charge on any atom is 0.258 e. The Balaban J connectivity index is 1.63. The van der Waals surface area contributed by atoms with E-state index in [1.165, 1.54) is 0 Å². The number of aryl methyl sites for hydroxylation is 1. The summed E-state index contributed by atoms with van der Waals surface area (Å²) in [5, 5.41) is 5.48. The first-order chi connectivity index (χ1) is 13.9. The number of anilines is 3. The lowest BCUT2D eigenvalue weighted by atomic mass is 9.92. The standard InChI is InChI=1S/C21H25N5O3/c1-12-6-8-26(9-7-12)21-24-18-17(20(29)25-21)15(11-16(27)23-18)19(28)22-14-5-3-4-13(2)10-14/h3-5,10,12,15H,6-9,11H2,1-2H3,(H,22,28)(H2,23,24,25,27,29)/t15-/m0/s1. The predicted molar refractivity (Wildman–Crippen MR) is 111 cm³/mol. The Kier molecular flexibility index (Phi) is 5.08. The van der Waals surface area contributed by atoms with Gasteiger partial charge in [0.25, 0.3) is 5.56 Å². The van der Waals surface area contributed by atoms with Crippen LogP contribution in [0.3, 0.4) is 0 Å². The number of fused-ring (bicyclic) bond motifs is 1. The first-order valence-corrected chi connectivity index (χ1v) is 9.97. The van der Waals surface area contributed by atoms with Crippen LogP contribution in [0.2, 0.25) is 0 Å². The number of piperidine rings is 1. The maximum atomic E-state index is 12.9. The second-order valence-corrected chi connectivity index (χ2v) is 7.99. The second kappa shape index (κ2) is 7.69. The molecule has 8 nitrogen and oxygen atoms in total. The normalized spacial score (nSPS) is 19.4. The lowest BCUT2D eigenvalue weighted by Gasteiger charge is -2.31. The molecule has 1 saturated heterocycles. The highest BCUT2D eigenvalue weighted by Crippen LogP contribution is 2.31. The average Bonchev–Trinajstić information content (AvgIpc) is 2.67. The van der Waals surface area contributed by atoms with Gasteiger partial charge in [-0.3, -0.25) is 19.4 Å². The minimum absolute atomic E-state index is 0.0873. The molecule has 152 valence electrons. The summed E-state index contributed by atoms with van der Waals surface area (Å²) in [7, 11) is 0. The number of nitrogens with zero attached hydrogens (tertiary/aromatic N) is 2. The van der Waals surface area contributed by atoms with E-state index in [1.54, 1.807) is 6.07 Å². The summed E-state index contributed by atoms with van der Waals surface area (Å²) in [6.45, 7) is 5.73. The molecule has 3 N–H and O–H groups in total. The molecule has 2 aliphatic rings. The number of H-pyrrole nitrogens is 1. The van der Waals surface area contributed by atoms with Crippen LogP contribution in [0.5, 0.6) is 0 Å². The third-order valence-electron chi connectivity index (χ3n) is 5.62. The number of hydrogen-bond acceptors (Lipinski definition) is 5. The molecule has 8 heteroatoms. The molecule has 3 heterocycles. The van der Waals surface area contributed by atoms with Crippen molar-refractivity contribution in [2.75, 3.05) is 28.6 Å². The summed E-state index contributed by atoms with van der Waals surface area (Å²) < 4.78 is 0. The van der Waals surface area contributed by atoms with Crippen LogP contribution in [0.25, 0.3) is 0 Å². The molecule has 1 fully saturated rings. The Morgan fingerprint density at radius 2 is 2.00 bits per heavy atom. The number of rotatable bonds is 3. The summed E-state index contributed by atoms with van der Waals surface area (Å²) in [5.74, 6) is -0.323. The van der Waals surface area contributed by atoms with E-state index in [-0.39, 0.29) is 29.3 Å². The Labute approximate surface area is 168 Å². The van der Waals surface area contributed by atoms with Crippen LogP contribution in [-0.4, -0.2) is 34.9 Å². The molecule has 2 aromatic rings. The van der Waals surface area contributed by atoms with Gasteiger partial charge in [0.1, 0.15) is 5.82 Å². The van der Waals surface area contributed by atoms with E-state index in [9.17, 15) is 14.4 Å². The zero-order chi connectivity index (χ0) is 20.5. The number of hydrogen-bond donors (Lipinski definition) is 3. The molecule has 0 spiro atoms.